The van der Waals surface area contributed by atoms with E-state index in [9.17, 15) is 5.11 Å². The molecule has 0 spiro atoms. The van der Waals surface area contributed by atoms with Crippen LogP contribution in [0, 0.1) is 0 Å². The Morgan fingerprint density at radius 2 is 1.97 bits per heavy atom. The van der Waals surface area contributed by atoms with Crippen LogP contribution in [0.3, 0.4) is 0 Å². The van der Waals surface area contributed by atoms with Crippen molar-refractivity contribution in [2.45, 2.75) is 5.92 Å². The molecule has 3 aromatic heterocycles. The van der Waals surface area contributed by atoms with E-state index in [0.717, 1.165) is 29.9 Å². The standard InChI is InChI=1S/C21H20N6O2/c1-27-11-18-21(26-27)20(29-2)8-17(23-18)12-3-4-14(19(28)7-12)16-6-5-15(24-25-16)13-9-22-10-13/h3-8,11,13,22,28H,9-10H2,1-2H3. The van der Waals surface area contributed by atoms with Gasteiger partial charge in [-0.3, -0.25) is 4.68 Å². The summed E-state index contributed by atoms with van der Waals surface area (Å²) in [7, 11) is 3.45. The topological polar surface area (TPSA) is 98.0 Å². The zero-order valence-corrected chi connectivity index (χ0v) is 16.1. The molecule has 1 saturated heterocycles. The first-order valence-corrected chi connectivity index (χ1v) is 9.39. The third-order valence-electron chi connectivity index (χ3n) is 5.23. The zero-order chi connectivity index (χ0) is 20.0. The molecule has 8 nitrogen and oxygen atoms in total. The number of nitrogens with one attached hydrogen (secondary N) is 1. The Morgan fingerprint density at radius 1 is 1.10 bits per heavy atom. The van der Waals surface area contributed by atoms with Crippen LogP contribution in [0.1, 0.15) is 11.6 Å². The van der Waals surface area contributed by atoms with Gasteiger partial charge in [-0.1, -0.05) is 6.07 Å². The number of hydrogen-bond donors (Lipinski definition) is 2. The van der Waals surface area contributed by atoms with Crippen LogP contribution in [0.4, 0.5) is 0 Å². The minimum Gasteiger partial charge on any atom is -0.507 e. The Bertz CT molecular complexity index is 1200. The van der Waals surface area contributed by atoms with Crippen molar-refractivity contribution in [3.8, 4) is 34.0 Å². The van der Waals surface area contributed by atoms with Gasteiger partial charge < -0.3 is 15.2 Å². The van der Waals surface area contributed by atoms with Crippen molar-refractivity contribution in [1.29, 1.82) is 0 Å². The van der Waals surface area contributed by atoms with Crippen LogP contribution in [0.5, 0.6) is 11.5 Å². The fraction of sp³-hybridized carbons (Fsp3) is 0.238. The van der Waals surface area contributed by atoms with E-state index < -0.39 is 0 Å². The molecule has 0 unspecified atom stereocenters. The van der Waals surface area contributed by atoms with Crippen LogP contribution >= 0.6 is 0 Å². The fourth-order valence-corrected chi connectivity index (χ4v) is 3.50. The predicted octanol–water partition coefficient (Wildman–Crippen LogP) is 2.49. The van der Waals surface area contributed by atoms with E-state index in [1.54, 1.807) is 17.9 Å². The van der Waals surface area contributed by atoms with Gasteiger partial charge in [-0.05, 0) is 24.3 Å². The highest BCUT2D eigenvalue weighted by molar-refractivity contribution is 5.85. The van der Waals surface area contributed by atoms with Crippen LogP contribution in [-0.2, 0) is 7.05 Å². The van der Waals surface area contributed by atoms with Crippen LogP contribution in [0.25, 0.3) is 33.5 Å². The summed E-state index contributed by atoms with van der Waals surface area (Å²) in [6, 6.07) is 11.1. The molecule has 0 atom stereocenters. The first-order valence-electron chi connectivity index (χ1n) is 9.39. The van der Waals surface area contributed by atoms with Crippen molar-refractivity contribution in [3.05, 3.63) is 48.3 Å². The number of rotatable bonds is 4. The summed E-state index contributed by atoms with van der Waals surface area (Å²) in [5.74, 6) is 1.19. The number of aromatic nitrogens is 5. The first kappa shape index (κ1) is 17.6. The lowest BCUT2D eigenvalue weighted by Gasteiger charge is -2.25. The van der Waals surface area contributed by atoms with Crippen molar-refractivity contribution in [2.24, 2.45) is 7.05 Å². The van der Waals surface area contributed by atoms with Gasteiger partial charge in [0, 0.05) is 43.2 Å². The molecule has 2 N–H and O–H groups in total. The Labute approximate surface area is 167 Å². The quantitative estimate of drug-likeness (QED) is 0.554. The number of fused-ring (bicyclic) bond motifs is 1. The van der Waals surface area contributed by atoms with E-state index in [4.69, 9.17) is 4.74 Å². The number of ether oxygens (including phenoxy) is 1. The van der Waals surface area contributed by atoms with Gasteiger partial charge in [0.25, 0.3) is 0 Å². The van der Waals surface area contributed by atoms with E-state index >= 15 is 0 Å². The summed E-state index contributed by atoms with van der Waals surface area (Å²) in [6.45, 7) is 1.87. The summed E-state index contributed by atoms with van der Waals surface area (Å²) < 4.78 is 7.17. The maximum Gasteiger partial charge on any atom is 0.153 e. The van der Waals surface area contributed by atoms with Crippen molar-refractivity contribution >= 4 is 11.0 Å². The molecule has 5 rings (SSSR count). The molecule has 0 aliphatic carbocycles. The minimum absolute atomic E-state index is 0.127. The van der Waals surface area contributed by atoms with E-state index in [0.29, 0.717) is 34.1 Å². The number of pyridine rings is 1. The zero-order valence-electron chi connectivity index (χ0n) is 16.1. The summed E-state index contributed by atoms with van der Waals surface area (Å²) in [4.78, 5) is 4.66. The maximum absolute atomic E-state index is 10.6. The average Bonchev–Trinajstić information content (AvgIpc) is 3.06. The van der Waals surface area contributed by atoms with Crippen molar-refractivity contribution < 1.29 is 9.84 Å². The van der Waals surface area contributed by atoms with Crippen molar-refractivity contribution in [1.82, 2.24) is 30.3 Å². The highest BCUT2D eigenvalue weighted by Gasteiger charge is 2.21. The lowest BCUT2D eigenvalue weighted by Crippen LogP contribution is -2.40. The highest BCUT2D eigenvalue weighted by atomic mass is 16.5. The summed E-state index contributed by atoms with van der Waals surface area (Å²) in [5, 5.41) is 26.9. The smallest absolute Gasteiger partial charge is 0.153 e. The second-order valence-electron chi connectivity index (χ2n) is 7.18. The van der Waals surface area contributed by atoms with Gasteiger partial charge in [0.2, 0.25) is 0 Å². The molecular weight excluding hydrogens is 368 g/mol. The maximum atomic E-state index is 10.6. The molecule has 29 heavy (non-hydrogen) atoms. The Balaban J connectivity index is 1.50. The lowest BCUT2D eigenvalue weighted by molar-refractivity contribution is 0.418. The third-order valence-corrected chi connectivity index (χ3v) is 5.23. The largest absolute Gasteiger partial charge is 0.507 e. The fourth-order valence-electron chi connectivity index (χ4n) is 3.50. The average molecular weight is 388 g/mol. The number of phenols is 1. The second kappa shape index (κ2) is 6.82. The summed E-state index contributed by atoms with van der Waals surface area (Å²) in [6.07, 6.45) is 1.84. The summed E-state index contributed by atoms with van der Waals surface area (Å²) >= 11 is 0. The number of aromatic hydroxyl groups is 1. The predicted molar refractivity (Wildman–Crippen MR) is 109 cm³/mol. The third kappa shape index (κ3) is 3.07. The van der Waals surface area contributed by atoms with E-state index in [2.05, 4.69) is 25.6 Å². The molecular formula is C21H20N6O2. The van der Waals surface area contributed by atoms with Gasteiger partial charge in [0.1, 0.15) is 11.3 Å². The molecule has 146 valence electrons. The number of nitrogens with zero attached hydrogens (tertiary/aromatic N) is 5. The Morgan fingerprint density at radius 3 is 2.62 bits per heavy atom. The van der Waals surface area contributed by atoms with Crippen molar-refractivity contribution in [3.63, 3.8) is 0 Å². The number of benzene rings is 1. The normalized spacial score (nSPS) is 14.1. The van der Waals surface area contributed by atoms with Crippen molar-refractivity contribution in [2.75, 3.05) is 20.2 Å². The van der Waals surface area contributed by atoms with E-state index in [1.807, 2.05) is 43.6 Å². The molecule has 1 fully saturated rings. The second-order valence-corrected chi connectivity index (χ2v) is 7.18. The Hall–Kier alpha value is -3.52. The number of hydrogen-bond acceptors (Lipinski definition) is 7. The van der Waals surface area contributed by atoms with E-state index in [-0.39, 0.29) is 5.75 Å². The number of phenolic OH excluding ortho intramolecular Hbond substituents is 1. The van der Waals surface area contributed by atoms with Gasteiger partial charge in [0.05, 0.1) is 30.4 Å². The van der Waals surface area contributed by atoms with Crippen LogP contribution in [-0.4, -0.2) is 50.3 Å². The van der Waals surface area contributed by atoms with Crippen LogP contribution < -0.4 is 10.1 Å². The SMILES string of the molecule is COc1cc(-c2ccc(-c3ccc(C4CNC4)nn3)c(O)c2)nc2cn(C)nc12. The lowest BCUT2D eigenvalue weighted by atomic mass is 9.98. The molecule has 8 heteroatoms. The highest BCUT2D eigenvalue weighted by Crippen LogP contribution is 2.34. The number of aryl methyl sites for hydroxylation is 1. The first-order chi connectivity index (χ1) is 14.1. The number of methoxy groups -OCH3 is 1. The minimum atomic E-state index is 0.127. The molecule has 1 aliphatic rings. The molecule has 0 bridgehead atoms. The Kier molecular flexibility index (Phi) is 4.13. The van der Waals surface area contributed by atoms with Gasteiger partial charge >= 0.3 is 0 Å². The van der Waals surface area contributed by atoms with Gasteiger partial charge in [-0.25, -0.2) is 4.98 Å². The monoisotopic (exact) mass is 388 g/mol. The van der Waals surface area contributed by atoms with Crippen LogP contribution in [0.2, 0.25) is 0 Å². The van der Waals surface area contributed by atoms with Gasteiger partial charge in [-0.2, -0.15) is 15.3 Å². The van der Waals surface area contributed by atoms with Gasteiger partial charge in [0.15, 0.2) is 11.3 Å². The van der Waals surface area contributed by atoms with E-state index in [1.165, 1.54) is 0 Å². The molecule has 0 saturated carbocycles. The summed E-state index contributed by atoms with van der Waals surface area (Å²) in [5.41, 5.74) is 5.16. The van der Waals surface area contributed by atoms with Crippen LogP contribution in [0.15, 0.2) is 42.6 Å². The molecule has 4 aromatic rings. The molecule has 0 amide bonds. The molecule has 1 aromatic carbocycles. The molecule has 0 radical (unpaired) electrons. The van der Waals surface area contributed by atoms with Gasteiger partial charge in [-0.15, -0.1) is 0 Å². The molecule has 4 heterocycles. The molecule has 1 aliphatic heterocycles.